The lowest BCUT2D eigenvalue weighted by atomic mass is 9.85. The van der Waals surface area contributed by atoms with E-state index >= 15 is 0 Å². The van der Waals surface area contributed by atoms with Crippen LogP contribution in [-0.2, 0) is 28.7 Å². The number of amides is 5. The summed E-state index contributed by atoms with van der Waals surface area (Å²) in [6, 6.07) is -3.13. The van der Waals surface area contributed by atoms with Crippen LogP contribution in [-0.4, -0.2) is 83.8 Å². The molecule has 1 aliphatic heterocycles. The van der Waals surface area contributed by atoms with Gasteiger partial charge in [-0.2, -0.15) is 0 Å². The largest absolute Gasteiger partial charge is 0.444 e. The predicted molar refractivity (Wildman–Crippen MR) is 173 cm³/mol. The molecule has 1 unspecified atom stereocenters. The van der Waals surface area contributed by atoms with Gasteiger partial charge < -0.3 is 30.9 Å². The standard InChI is InChI=1S/C34H55N5O7/c1-10-14-22(26(41)29(43)36-18-23(40)35-17-20-15-12-11-13-16-20)37-28(42)25-24-21(34(24,8)9)19-39(25)30(44)27(32(2,3)4)38-31(45)46-33(5,6)7/h10,20-22,24-25,27H,1,11-19H2,2-9H3,(H,35,40)(H,36,43)(H,37,42)(H,38,45)/t21-,22?,24-,25-,27+/m0/s1. The highest BCUT2D eigenvalue weighted by atomic mass is 16.6. The molecule has 2 aliphatic carbocycles. The Hall–Kier alpha value is -3.44. The first-order valence-electron chi connectivity index (χ1n) is 16.6. The van der Waals surface area contributed by atoms with Crippen molar-refractivity contribution in [3.63, 3.8) is 0 Å². The fourth-order valence-corrected chi connectivity index (χ4v) is 6.83. The number of carbonyl (C=O) groups is 6. The second kappa shape index (κ2) is 14.5. The number of fused-ring (bicyclic) bond motifs is 1. The van der Waals surface area contributed by atoms with Crippen molar-refractivity contribution in [2.24, 2.45) is 28.6 Å². The number of hydrogen-bond donors (Lipinski definition) is 4. The van der Waals surface area contributed by atoms with Crippen LogP contribution in [0, 0.1) is 28.6 Å². The Balaban J connectivity index is 1.68. The predicted octanol–water partition coefficient (Wildman–Crippen LogP) is 2.85. The van der Waals surface area contributed by atoms with Gasteiger partial charge in [0.1, 0.15) is 23.7 Å². The second-order valence-electron chi connectivity index (χ2n) is 15.8. The van der Waals surface area contributed by atoms with Gasteiger partial charge in [0.2, 0.25) is 23.5 Å². The van der Waals surface area contributed by atoms with Crippen LogP contribution in [0.3, 0.4) is 0 Å². The van der Waals surface area contributed by atoms with E-state index in [1.54, 1.807) is 20.8 Å². The Kier molecular flexibility index (Phi) is 11.7. The number of likely N-dealkylation sites (tertiary alicyclic amines) is 1. The summed E-state index contributed by atoms with van der Waals surface area (Å²) in [6.07, 6.45) is 6.30. The highest BCUT2D eigenvalue weighted by Gasteiger charge is 2.70. The summed E-state index contributed by atoms with van der Waals surface area (Å²) >= 11 is 0. The number of Topliss-reactive ketones (excluding diaryl/α,β-unsaturated/α-hetero) is 1. The average molecular weight is 646 g/mol. The number of hydrogen-bond acceptors (Lipinski definition) is 7. The minimum atomic E-state index is -1.23. The average Bonchev–Trinajstić information content (AvgIpc) is 3.27. The van der Waals surface area contributed by atoms with E-state index in [9.17, 15) is 28.8 Å². The Morgan fingerprint density at radius 3 is 2.15 bits per heavy atom. The van der Waals surface area contributed by atoms with Crippen molar-refractivity contribution >= 4 is 35.5 Å². The quantitative estimate of drug-likeness (QED) is 0.187. The Bertz CT molecular complexity index is 1200. The normalized spacial score (nSPS) is 23.7. The first kappa shape index (κ1) is 37.0. The van der Waals surface area contributed by atoms with E-state index in [1.807, 2.05) is 34.6 Å². The molecule has 0 radical (unpaired) electrons. The molecule has 1 heterocycles. The maximum absolute atomic E-state index is 14.0. The third-order valence-electron chi connectivity index (χ3n) is 9.52. The van der Waals surface area contributed by atoms with E-state index in [1.165, 1.54) is 17.4 Å². The van der Waals surface area contributed by atoms with Gasteiger partial charge in [-0.05, 0) is 68.6 Å². The lowest BCUT2D eigenvalue weighted by molar-refractivity contribution is -0.145. The van der Waals surface area contributed by atoms with Gasteiger partial charge in [-0.15, -0.1) is 6.58 Å². The van der Waals surface area contributed by atoms with Gasteiger partial charge in [0.25, 0.3) is 5.91 Å². The number of nitrogens with one attached hydrogen (secondary N) is 4. The SMILES string of the molecule is C=CCC(NC(=O)[C@@H]1[C@@H]2[C@H](CN1C(=O)[C@@H](NC(=O)OC(C)(C)C)C(C)(C)C)C2(C)C)C(=O)C(=O)NCC(=O)NCC1CCCCC1. The van der Waals surface area contributed by atoms with Crippen molar-refractivity contribution < 1.29 is 33.5 Å². The van der Waals surface area contributed by atoms with Crippen LogP contribution in [0.15, 0.2) is 12.7 Å². The number of piperidine rings is 1. The summed E-state index contributed by atoms with van der Waals surface area (Å²) in [5.74, 6) is -2.95. The van der Waals surface area contributed by atoms with Crippen LogP contribution in [0.4, 0.5) is 4.79 Å². The summed E-state index contributed by atoms with van der Waals surface area (Å²) in [4.78, 5) is 80.4. The fourth-order valence-electron chi connectivity index (χ4n) is 6.83. The molecule has 258 valence electrons. The van der Waals surface area contributed by atoms with Gasteiger partial charge in [0.15, 0.2) is 0 Å². The fraction of sp³-hybridized carbons (Fsp3) is 0.765. The Morgan fingerprint density at radius 2 is 1.59 bits per heavy atom. The van der Waals surface area contributed by atoms with Crippen molar-refractivity contribution in [2.75, 3.05) is 19.6 Å². The van der Waals surface area contributed by atoms with Crippen molar-refractivity contribution in [1.29, 1.82) is 0 Å². The number of rotatable bonds is 12. The molecule has 0 aromatic carbocycles. The van der Waals surface area contributed by atoms with Gasteiger partial charge in [-0.25, -0.2) is 4.79 Å². The molecule has 0 bridgehead atoms. The third-order valence-corrected chi connectivity index (χ3v) is 9.52. The van der Waals surface area contributed by atoms with Crippen molar-refractivity contribution in [2.45, 2.75) is 118 Å². The van der Waals surface area contributed by atoms with Gasteiger partial charge in [-0.3, -0.25) is 24.0 Å². The highest BCUT2D eigenvalue weighted by molar-refractivity contribution is 6.38. The molecular formula is C34H55N5O7. The van der Waals surface area contributed by atoms with E-state index in [0.29, 0.717) is 19.0 Å². The van der Waals surface area contributed by atoms with Crippen LogP contribution in [0.25, 0.3) is 0 Å². The number of carbonyl (C=O) groups excluding carboxylic acids is 6. The monoisotopic (exact) mass is 645 g/mol. The topological polar surface area (TPSA) is 163 Å². The van der Waals surface area contributed by atoms with E-state index in [-0.39, 0.29) is 36.1 Å². The van der Waals surface area contributed by atoms with Gasteiger partial charge >= 0.3 is 6.09 Å². The molecule has 2 saturated carbocycles. The molecule has 12 heteroatoms. The molecule has 4 N–H and O–H groups in total. The molecule has 0 aromatic heterocycles. The van der Waals surface area contributed by atoms with Crippen molar-refractivity contribution in [3.05, 3.63) is 12.7 Å². The summed E-state index contributed by atoms with van der Waals surface area (Å²) in [6.45, 7) is 18.9. The van der Waals surface area contributed by atoms with Crippen LogP contribution in [0.1, 0.15) is 93.9 Å². The summed E-state index contributed by atoms with van der Waals surface area (Å²) in [5.41, 5.74) is -1.69. The number of ether oxygens (including phenoxy) is 1. The zero-order valence-electron chi connectivity index (χ0n) is 28.9. The highest BCUT2D eigenvalue weighted by Crippen LogP contribution is 2.65. The molecular weight excluding hydrogens is 590 g/mol. The maximum atomic E-state index is 14.0. The van der Waals surface area contributed by atoms with Gasteiger partial charge in [0.05, 0.1) is 6.54 Å². The van der Waals surface area contributed by atoms with Gasteiger partial charge in [0, 0.05) is 13.1 Å². The van der Waals surface area contributed by atoms with Gasteiger partial charge in [-0.1, -0.05) is 60.0 Å². The van der Waals surface area contributed by atoms with Crippen molar-refractivity contribution in [3.8, 4) is 0 Å². The smallest absolute Gasteiger partial charge is 0.408 e. The maximum Gasteiger partial charge on any atom is 0.408 e. The minimum absolute atomic E-state index is 0.0190. The summed E-state index contributed by atoms with van der Waals surface area (Å²) in [7, 11) is 0. The Labute approximate surface area is 273 Å². The minimum Gasteiger partial charge on any atom is -0.444 e. The zero-order valence-corrected chi connectivity index (χ0v) is 28.9. The van der Waals surface area contributed by atoms with E-state index in [0.717, 1.165) is 25.7 Å². The molecule has 46 heavy (non-hydrogen) atoms. The molecule has 12 nitrogen and oxygen atoms in total. The molecule has 5 amide bonds. The summed E-state index contributed by atoms with van der Waals surface area (Å²) < 4.78 is 5.41. The molecule has 3 rings (SSSR count). The first-order valence-corrected chi connectivity index (χ1v) is 16.6. The third kappa shape index (κ3) is 9.31. The van der Waals surface area contributed by atoms with Crippen molar-refractivity contribution in [1.82, 2.24) is 26.2 Å². The van der Waals surface area contributed by atoms with E-state index < -0.39 is 58.7 Å². The van der Waals surface area contributed by atoms with E-state index in [2.05, 4.69) is 27.8 Å². The first-order chi connectivity index (χ1) is 21.3. The van der Waals surface area contributed by atoms with Crippen LogP contribution < -0.4 is 21.3 Å². The molecule has 5 atom stereocenters. The molecule has 1 saturated heterocycles. The Morgan fingerprint density at radius 1 is 0.957 bits per heavy atom. The molecule has 3 fully saturated rings. The second-order valence-corrected chi connectivity index (χ2v) is 15.8. The van der Waals surface area contributed by atoms with Crippen LogP contribution >= 0.6 is 0 Å². The van der Waals surface area contributed by atoms with E-state index in [4.69, 9.17) is 4.74 Å². The lowest BCUT2D eigenvalue weighted by Gasteiger charge is -2.38. The lowest BCUT2D eigenvalue weighted by Crippen LogP contribution is -2.60. The number of nitrogens with zero attached hydrogens (tertiary/aromatic N) is 1. The molecule has 0 aromatic rings. The number of alkyl carbamates (subject to hydrolysis) is 1. The van der Waals surface area contributed by atoms with Crippen LogP contribution in [0.2, 0.25) is 0 Å². The number of ketones is 1. The molecule has 3 aliphatic rings. The van der Waals surface area contributed by atoms with Crippen LogP contribution in [0.5, 0.6) is 0 Å². The zero-order chi connectivity index (χ0) is 34.6. The molecule has 0 spiro atoms. The summed E-state index contributed by atoms with van der Waals surface area (Å²) in [5, 5.41) is 10.6.